The van der Waals surface area contributed by atoms with Gasteiger partial charge in [-0.2, -0.15) is 0 Å². The summed E-state index contributed by atoms with van der Waals surface area (Å²) in [7, 11) is 1.59. The summed E-state index contributed by atoms with van der Waals surface area (Å²) in [6.45, 7) is 7.21. The van der Waals surface area contributed by atoms with Crippen LogP contribution in [0.3, 0.4) is 0 Å². The van der Waals surface area contributed by atoms with Crippen molar-refractivity contribution in [1.29, 1.82) is 0 Å². The number of hydrogen-bond donors (Lipinski definition) is 0. The molecule has 1 saturated heterocycles. The van der Waals surface area contributed by atoms with Gasteiger partial charge in [0.25, 0.3) is 5.91 Å². The van der Waals surface area contributed by atoms with Gasteiger partial charge in [-0.1, -0.05) is 17.7 Å². The number of aryl methyl sites for hydroxylation is 2. The molecule has 0 radical (unpaired) electrons. The summed E-state index contributed by atoms with van der Waals surface area (Å²) in [6, 6.07) is 5.89. The SMILES string of the molecule is COCCOCC(=O)N1CCCN(C(=O)COc2ccc(C)cc2C)CC1. The Hall–Kier alpha value is -2.12. The van der Waals surface area contributed by atoms with Gasteiger partial charge < -0.3 is 24.0 Å². The predicted octanol–water partition coefficient (Wildman–Crippen LogP) is 1.41. The van der Waals surface area contributed by atoms with Crippen molar-refractivity contribution in [2.24, 2.45) is 0 Å². The topological polar surface area (TPSA) is 68.3 Å². The fraction of sp³-hybridized carbons (Fsp3) is 0.600. The highest BCUT2D eigenvalue weighted by molar-refractivity contribution is 5.79. The number of rotatable bonds is 8. The fourth-order valence-corrected chi connectivity index (χ4v) is 3.00. The molecule has 150 valence electrons. The summed E-state index contributed by atoms with van der Waals surface area (Å²) in [5.74, 6) is 0.626. The minimum atomic E-state index is -0.0550. The Labute approximate surface area is 161 Å². The number of benzene rings is 1. The summed E-state index contributed by atoms with van der Waals surface area (Å²) in [5, 5.41) is 0. The van der Waals surface area contributed by atoms with Crippen LogP contribution in [0.25, 0.3) is 0 Å². The molecule has 0 N–H and O–H groups in total. The minimum Gasteiger partial charge on any atom is -0.484 e. The summed E-state index contributed by atoms with van der Waals surface area (Å²) in [5.41, 5.74) is 2.18. The van der Waals surface area contributed by atoms with E-state index in [0.717, 1.165) is 23.3 Å². The minimum absolute atomic E-state index is 0.0119. The van der Waals surface area contributed by atoms with Gasteiger partial charge in [0.2, 0.25) is 5.91 Å². The molecule has 27 heavy (non-hydrogen) atoms. The van der Waals surface area contributed by atoms with E-state index in [0.29, 0.717) is 39.4 Å². The van der Waals surface area contributed by atoms with Gasteiger partial charge in [0.15, 0.2) is 6.61 Å². The highest BCUT2D eigenvalue weighted by Crippen LogP contribution is 2.18. The Kier molecular flexibility index (Phi) is 8.54. The predicted molar refractivity (Wildman–Crippen MR) is 102 cm³/mol. The third-order valence-corrected chi connectivity index (χ3v) is 4.54. The van der Waals surface area contributed by atoms with Crippen molar-refractivity contribution in [2.75, 3.05) is 59.7 Å². The molecule has 1 aromatic rings. The maximum Gasteiger partial charge on any atom is 0.260 e. The molecule has 0 atom stereocenters. The standard InChI is InChI=1S/C20H30N2O5/c1-16-5-6-18(17(2)13-16)27-15-20(24)22-8-4-7-21(9-10-22)19(23)14-26-12-11-25-3/h5-6,13H,4,7-12,14-15H2,1-3H3. The normalized spacial score (nSPS) is 14.8. The molecular weight excluding hydrogens is 348 g/mol. The third kappa shape index (κ3) is 6.84. The molecular formula is C20H30N2O5. The Bertz CT molecular complexity index is 635. The van der Waals surface area contributed by atoms with Crippen LogP contribution in [-0.4, -0.2) is 81.3 Å². The molecule has 7 nitrogen and oxygen atoms in total. The van der Waals surface area contributed by atoms with Crippen molar-refractivity contribution < 1.29 is 23.8 Å². The second-order valence-corrected chi connectivity index (χ2v) is 6.72. The Morgan fingerprint density at radius 2 is 1.63 bits per heavy atom. The fourth-order valence-electron chi connectivity index (χ4n) is 3.00. The molecule has 1 aliphatic rings. The smallest absolute Gasteiger partial charge is 0.260 e. The van der Waals surface area contributed by atoms with Crippen LogP contribution in [0.1, 0.15) is 17.5 Å². The number of carbonyl (C=O) groups excluding carboxylic acids is 2. The zero-order valence-corrected chi connectivity index (χ0v) is 16.5. The Morgan fingerprint density at radius 1 is 0.963 bits per heavy atom. The first-order valence-electron chi connectivity index (χ1n) is 9.33. The summed E-state index contributed by atoms with van der Waals surface area (Å²) in [4.78, 5) is 28.2. The van der Waals surface area contributed by atoms with Crippen molar-refractivity contribution in [3.05, 3.63) is 29.3 Å². The zero-order chi connectivity index (χ0) is 19.6. The lowest BCUT2D eigenvalue weighted by Crippen LogP contribution is -2.40. The first-order valence-corrected chi connectivity index (χ1v) is 9.33. The molecule has 0 unspecified atom stereocenters. The maximum atomic E-state index is 12.5. The van der Waals surface area contributed by atoms with E-state index in [1.807, 2.05) is 32.0 Å². The quantitative estimate of drug-likeness (QED) is 0.640. The second kappa shape index (κ2) is 10.9. The van der Waals surface area contributed by atoms with Gasteiger partial charge in [-0.15, -0.1) is 0 Å². The molecule has 0 saturated carbocycles. The zero-order valence-electron chi connectivity index (χ0n) is 16.5. The molecule has 0 aromatic heterocycles. The first kappa shape index (κ1) is 21.2. The van der Waals surface area contributed by atoms with Crippen LogP contribution in [0.2, 0.25) is 0 Å². The number of ether oxygens (including phenoxy) is 3. The van der Waals surface area contributed by atoms with Gasteiger partial charge in [0, 0.05) is 33.3 Å². The molecule has 1 aromatic carbocycles. The van der Waals surface area contributed by atoms with Crippen LogP contribution in [0.15, 0.2) is 18.2 Å². The van der Waals surface area contributed by atoms with Crippen molar-refractivity contribution in [2.45, 2.75) is 20.3 Å². The molecule has 1 heterocycles. The second-order valence-electron chi connectivity index (χ2n) is 6.72. The van der Waals surface area contributed by atoms with Crippen molar-refractivity contribution >= 4 is 11.8 Å². The van der Waals surface area contributed by atoms with Gasteiger partial charge in [-0.25, -0.2) is 0 Å². The highest BCUT2D eigenvalue weighted by Gasteiger charge is 2.22. The van der Waals surface area contributed by atoms with Crippen LogP contribution in [0.4, 0.5) is 0 Å². The molecule has 2 amide bonds. The van der Waals surface area contributed by atoms with Gasteiger partial charge in [0.1, 0.15) is 12.4 Å². The van der Waals surface area contributed by atoms with Crippen LogP contribution in [0, 0.1) is 13.8 Å². The molecule has 1 aliphatic heterocycles. The number of amides is 2. The van der Waals surface area contributed by atoms with Crippen molar-refractivity contribution in [3.63, 3.8) is 0 Å². The average molecular weight is 378 g/mol. The lowest BCUT2D eigenvalue weighted by Gasteiger charge is -2.22. The number of carbonyl (C=O) groups is 2. The lowest BCUT2D eigenvalue weighted by molar-refractivity contribution is -0.137. The summed E-state index contributed by atoms with van der Waals surface area (Å²) in [6.07, 6.45) is 0.749. The molecule has 7 heteroatoms. The average Bonchev–Trinajstić information content (AvgIpc) is 2.90. The number of methoxy groups -OCH3 is 1. The maximum absolute atomic E-state index is 12.5. The van der Waals surface area contributed by atoms with Gasteiger partial charge >= 0.3 is 0 Å². The van der Waals surface area contributed by atoms with Crippen LogP contribution >= 0.6 is 0 Å². The van der Waals surface area contributed by atoms with E-state index in [-0.39, 0.29) is 25.0 Å². The largest absolute Gasteiger partial charge is 0.484 e. The molecule has 0 aliphatic carbocycles. The Balaban J connectivity index is 1.77. The van der Waals surface area contributed by atoms with Gasteiger partial charge in [-0.05, 0) is 31.9 Å². The van der Waals surface area contributed by atoms with Gasteiger partial charge in [0.05, 0.1) is 13.2 Å². The van der Waals surface area contributed by atoms with Crippen LogP contribution in [-0.2, 0) is 19.1 Å². The number of hydrogen-bond acceptors (Lipinski definition) is 5. The van der Waals surface area contributed by atoms with E-state index >= 15 is 0 Å². The van der Waals surface area contributed by atoms with Crippen molar-refractivity contribution in [3.8, 4) is 5.75 Å². The molecule has 2 rings (SSSR count). The van der Waals surface area contributed by atoms with E-state index in [2.05, 4.69) is 0 Å². The lowest BCUT2D eigenvalue weighted by atomic mass is 10.1. The summed E-state index contributed by atoms with van der Waals surface area (Å²) < 4.78 is 15.9. The third-order valence-electron chi connectivity index (χ3n) is 4.54. The molecule has 0 bridgehead atoms. The molecule has 1 fully saturated rings. The van der Waals surface area contributed by atoms with E-state index in [9.17, 15) is 9.59 Å². The molecule has 0 spiro atoms. The summed E-state index contributed by atoms with van der Waals surface area (Å²) >= 11 is 0. The Morgan fingerprint density at radius 3 is 2.26 bits per heavy atom. The van der Waals surface area contributed by atoms with Crippen LogP contribution < -0.4 is 4.74 Å². The van der Waals surface area contributed by atoms with E-state index in [1.54, 1.807) is 16.9 Å². The van der Waals surface area contributed by atoms with E-state index in [1.165, 1.54) is 0 Å². The number of nitrogens with zero attached hydrogens (tertiary/aromatic N) is 2. The first-order chi connectivity index (χ1) is 13.0. The van der Waals surface area contributed by atoms with Crippen molar-refractivity contribution in [1.82, 2.24) is 9.80 Å². The van der Waals surface area contributed by atoms with E-state index < -0.39 is 0 Å². The highest BCUT2D eigenvalue weighted by atomic mass is 16.5. The monoisotopic (exact) mass is 378 g/mol. The van der Waals surface area contributed by atoms with Crippen LogP contribution in [0.5, 0.6) is 5.75 Å². The van der Waals surface area contributed by atoms with Gasteiger partial charge in [-0.3, -0.25) is 9.59 Å². The van der Waals surface area contributed by atoms with E-state index in [4.69, 9.17) is 14.2 Å².